The second kappa shape index (κ2) is 8.11. The fourth-order valence-corrected chi connectivity index (χ4v) is 3.60. The quantitative estimate of drug-likeness (QED) is 0.850. The number of amides is 3. The Morgan fingerprint density at radius 1 is 1.24 bits per heavy atom. The van der Waals surface area contributed by atoms with Gasteiger partial charge in [0.25, 0.3) is 0 Å². The standard InChI is InChI=1S/C18H22N4O2S/c1-22(12-16-19-9-10-25-16)18(24)21-15-8-4-7-14(11-15)20-17(23)13-5-2-3-6-13/h4,7-11,13H,2-3,5-6,12H2,1H3,(H,20,23)(H,21,24). The first-order valence-electron chi connectivity index (χ1n) is 8.43. The van der Waals surface area contributed by atoms with Gasteiger partial charge in [0.1, 0.15) is 5.01 Å². The summed E-state index contributed by atoms with van der Waals surface area (Å²) in [6, 6.07) is 7.03. The highest BCUT2D eigenvalue weighted by molar-refractivity contribution is 7.09. The van der Waals surface area contributed by atoms with Crippen LogP contribution in [0.15, 0.2) is 35.8 Å². The summed E-state index contributed by atoms with van der Waals surface area (Å²) in [5.74, 6) is 0.185. The molecule has 1 aromatic carbocycles. The first-order valence-corrected chi connectivity index (χ1v) is 9.31. The highest BCUT2D eigenvalue weighted by atomic mass is 32.1. The van der Waals surface area contributed by atoms with Crippen molar-refractivity contribution in [3.05, 3.63) is 40.8 Å². The Bertz CT molecular complexity index is 726. The summed E-state index contributed by atoms with van der Waals surface area (Å²) in [6.07, 6.45) is 5.90. The van der Waals surface area contributed by atoms with Gasteiger partial charge in [0, 0.05) is 35.9 Å². The number of aromatic nitrogens is 1. The average Bonchev–Trinajstić information content (AvgIpc) is 3.29. The van der Waals surface area contributed by atoms with Gasteiger partial charge in [-0.15, -0.1) is 11.3 Å². The number of hydrogen-bond donors (Lipinski definition) is 2. The molecule has 7 heteroatoms. The molecule has 3 rings (SSSR count). The van der Waals surface area contributed by atoms with Gasteiger partial charge in [-0.3, -0.25) is 4.79 Å². The molecule has 0 spiro atoms. The number of carbonyl (C=O) groups is 2. The van der Waals surface area contributed by atoms with Gasteiger partial charge in [0.15, 0.2) is 0 Å². The zero-order valence-electron chi connectivity index (χ0n) is 14.2. The average molecular weight is 358 g/mol. The zero-order valence-corrected chi connectivity index (χ0v) is 15.0. The molecule has 1 aliphatic carbocycles. The van der Waals surface area contributed by atoms with E-state index in [-0.39, 0.29) is 17.9 Å². The van der Waals surface area contributed by atoms with Crippen LogP contribution in [-0.2, 0) is 11.3 Å². The number of nitrogens with zero attached hydrogens (tertiary/aromatic N) is 2. The Labute approximate surface area is 151 Å². The smallest absolute Gasteiger partial charge is 0.321 e. The lowest BCUT2D eigenvalue weighted by Gasteiger charge is -2.17. The maximum atomic E-state index is 12.3. The van der Waals surface area contributed by atoms with E-state index >= 15 is 0 Å². The van der Waals surface area contributed by atoms with E-state index in [9.17, 15) is 9.59 Å². The number of urea groups is 1. The molecule has 2 N–H and O–H groups in total. The molecule has 1 saturated carbocycles. The highest BCUT2D eigenvalue weighted by Gasteiger charge is 2.22. The van der Waals surface area contributed by atoms with Crippen LogP contribution < -0.4 is 10.6 Å². The molecule has 1 aromatic heterocycles. The van der Waals surface area contributed by atoms with Crippen LogP contribution in [0.1, 0.15) is 30.7 Å². The molecule has 0 atom stereocenters. The van der Waals surface area contributed by atoms with E-state index in [0.29, 0.717) is 17.9 Å². The predicted molar refractivity (Wildman–Crippen MR) is 99.6 cm³/mol. The topological polar surface area (TPSA) is 74.3 Å². The summed E-state index contributed by atoms with van der Waals surface area (Å²) in [5, 5.41) is 8.57. The van der Waals surface area contributed by atoms with Gasteiger partial charge in [0.05, 0.1) is 6.54 Å². The molecule has 132 valence electrons. The van der Waals surface area contributed by atoms with Gasteiger partial charge in [-0.1, -0.05) is 18.9 Å². The maximum absolute atomic E-state index is 12.3. The number of benzene rings is 1. The van der Waals surface area contributed by atoms with E-state index in [2.05, 4.69) is 15.6 Å². The summed E-state index contributed by atoms with van der Waals surface area (Å²) in [4.78, 5) is 30.3. The molecule has 2 aromatic rings. The van der Waals surface area contributed by atoms with E-state index in [4.69, 9.17) is 0 Å². The van der Waals surface area contributed by atoms with Crippen LogP contribution in [0, 0.1) is 5.92 Å². The summed E-state index contributed by atoms with van der Waals surface area (Å²) < 4.78 is 0. The predicted octanol–water partition coefficient (Wildman–Crippen LogP) is 3.94. The molecule has 6 nitrogen and oxygen atoms in total. The van der Waals surface area contributed by atoms with Crippen LogP contribution >= 0.6 is 11.3 Å². The molecular weight excluding hydrogens is 336 g/mol. The molecule has 25 heavy (non-hydrogen) atoms. The third-order valence-corrected chi connectivity index (χ3v) is 5.07. The molecular formula is C18H22N4O2S. The molecule has 0 aliphatic heterocycles. The van der Waals surface area contributed by atoms with Gasteiger partial charge in [-0.2, -0.15) is 0 Å². The highest BCUT2D eigenvalue weighted by Crippen LogP contribution is 2.26. The van der Waals surface area contributed by atoms with Gasteiger partial charge in [0.2, 0.25) is 5.91 Å². The number of anilines is 2. The fourth-order valence-electron chi connectivity index (χ4n) is 2.93. The first-order chi connectivity index (χ1) is 12.1. The second-order valence-corrected chi connectivity index (χ2v) is 7.24. The lowest BCUT2D eigenvalue weighted by atomic mass is 10.1. The summed E-state index contributed by atoms with van der Waals surface area (Å²) in [6.45, 7) is 0.460. The lowest BCUT2D eigenvalue weighted by Crippen LogP contribution is -2.30. The van der Waals surface area contributed by atoms with E-state index in [1.165, 1.54) is 11.3 Å². The van der Waals surface area contributed by atoms with E-state index in [0.717, 1.165) is 30.7 Å². The normalized spacial score (nSPS) is 14.3. The number of hydrogen-bond acceptors (Lipinski definition) is 4. The largest absolute Gasteiger partial charge is 0.326 e. The molecule has 0 unspecified atom stereocenters. The molecule has 1 aliphatic rings. The summed E-state index contributed by atoms with van der Waals surface area (Å²) in [7, 11) is 1.72. The number of rotatable bonds is 5. The monoisotopic (exact) mass is 358 g/mol. The van der Waals surface area contributed by atoms with Gasteiger partial charge in [-0.05, 0) is 31.0 Å². The Kier molecular flexibility index (Phi) is 5.65. The Morgan fingerprint density at radius 3 is 2.64 bits per heavy atom. The molecule has 1 fully saturated rings. The Balaban J connectivity index is 1.57. The minimum absolute atomic E-state index is 0.0712. The van der Waals surface area contributed by atoms with Gasteiger partial charge >= 0.3 is 6.03 Å². The van der Waals surface area contributed by atoms with Crippen LogP contribution in [0.25, 0.3) is 0 Å². The van der Waals surface area contributed by atoms with Crippen molar-refractivity contribution in [2.45, 2.75) is 32.2 Å². The second-order valence-electron chi connectivity index (χ2n) is 6.26. The van der Waals surface area contributed by atoms with Crippen molar-refractivity contribution in [3.63, 3.8) is 0 Å². The Morgan fingerprint density at radius 2 is 1.96 bits per heavy atom. The zero-order chi connectivity index (χ0) is 17.6. The van der Waals surface area contributed by atoms with Crippen molar-refractivity contribution in [1.82, 2.24) is 9.88 Å². The lowest BCUT2D eigenvalue weighted by molar-refractivity contribution is -0.119. The van der Waals surface area contributed by atoms with Crippen LogP contribution in [-0.4, -0.2) is 28.9 Å². The van der Waals surface area contributed by atoms with Crippen LogP contribution in [0.2, 0.25) is 0 Å². The van der Waals surface area contributed by atoms with E-state index in [1.807, 2.05) is 17.5 Å². The molecule has 3 amide bonds. The Hall–Kier alpha value is -2.41. The van der Waals surface area contributed by atoms with Crippen LogP contribution in [0.5, 0.6) is 0 Å². The maximum Gasteiger partial charge on any atom is 0.321 e. The fraction of sp³-hybridized carbons (Fsp3) is 0.389. The van der Waals surface area contributed by atoms with Crippen molar-refractivity contribution in [3.8, 4) is 0 Å². The number of nitrogens with one attached hydrogen (secondary N) is 2. The van der Waals surface area contributed by atoms with Gasteiger partial charge in [-0.25, -0.2) is 9.78 Å². The van der Waals surface area contributed by atoms with Crippen molar-refractivity contribution < 1.29 is 9.59 Å². The molecule has 1 heterocycles. The molecule has 0 bridgehead atoms. The third kappa shape index (κ3) is 4.79. The van der Waals surface area contributed by atoms with Crippen molar-refractivity contribution in [2.24, 2.45) is 5.92 Å². The number of thiazole rings is 1. The minimum Gasteiger partial charge on any atom is -0.326 e. The minimum atomic E-state index is -0.213. The van der Waals surface area contributed by atoms with E-state index in [1.54, 1.807) is 30.3 Å². The van der Waals surface area contributed by atoms with Crippen molar-refractivity contribution >= 4 is 34.6 Å². The molecule has 0 saturated heterocycles. The van der Waals surface area contributed by atoms with Crippen molar-refractivity contribution in [1.29, 1.82) is 0 Å². The van der Waals surface area contributed by atoms with Crippen LogP contribution in [0.4, 0.5) is 16.2 Å². The third-order valence-electron chi connectivity index (χ3n) is 4.31. The van der Waals surface area contributed by atoms with Gasteiger partial charge < -0.3 is 15.5 Å². The van der Waals surface area contributed by atoms with E-state index < -0.39 is 0 Å². The first kappa shape index (κ1) is 17.4. The summed E-state index contributed by atoms with van der Waals surface area (Å²) >= 11 is 1.52. The van der Waals surface area contributed by atoms with Crippen molar-refractivity contribution in [2.75, 3.05) is 17.7 Å². The molecule has 0 radical (unpaired) electrons. The SMILES string of the molecule is CN(Cc1nccs1)C(=O)Nc1cccc(NC(=O)C2CCCC2)c1. The number of carbonyl (C=O) groups excluding carboxylic acids is 2. The summed E-state index contributed by atoms with van der Waals surface area (Å²) in [5.41, 5.74) is 1.36. The van der Waals surface area contributed by atoms with Crippen LogP contribution in [0.3, 0.4) is 0 Å².